The van der Waals surface area contributed by atoms with Gasteiger partial charge < -0.3 is 4.90 Å². The fraction of sp³-hybridized carbons (Fsp3) is 0.286. The molecule has 0 atom stereocenters. The Morgan fingerprint density at radius 2 is 1.95 bits per heavy atom. The minimum absolute atomic E-state index is 0.00771. The summed E-state index contributed by atoms with van der Waals surface area (Å²) in [6.45, 7) is 4.28. The van der Waals surface area contributed by atoms with Crippen LogP contribution in [0.5, 0.6) is 0 Å². The minimum Gasteiger partial charge on any atom is -0.337 e. The smallest absolute Gasteiger partial charge is 0.257 e. The van der Waals surface area contributed by atoms with Crippen molar-refractivity contribution in [1.29, 1.82) is 0 Å². The van der Waals surface area contributed by atoms with E-state index in [1.165, 1.54) is 0 Å². The van der Waals surface area contributed by atoms with E-state index in [1.54, 1.807) is 11.9 Å². The average Bonchev–Trinajstić information content (AvgIpc) is 2.71. The van der Waals surface area contributed by atoms with Crippen molar-refractivity contribution in [2.24, 2.45) is 0 Å². The number of amides is 1. The minimum atomic E-state index is -0.00771. The third-order valence-corrected chi connectivity index (χ3v) is 3.55. The molecule has 0 aliphatic carbocycles. The average molecular weight is 322 g/mol. The number of aromatic nitrogens is 2. The lowest BCUT2D eigenvalue weighted by atomic mass is 10.1. The number of H-pyrrole nitrogens is 1. The highest BCUT2D eigenvalue weighted by Gasteiger charge is 2.19. The van der Waals surface area contributed by atoms with Crippen molar-refractivity contribution in [3.05, 3.63) is 51.3 Å². The van der Waals surface area contributed by atoms with Gasteiger partial charge in [-0.05, 0) is 31.5 Å². The summed E-state index contributed by atoms with van der Waals surface area (Å²) in [6, 6.07) is 7.95. The topological polar surface area (TPSA) is 49.0 Å². The molecule has 1 heterocycles. The van der Waals surface area contributed by atoms with Gasteiger partial charge in [0.05, 0.1) is 11.3 Å². The Kier molecular flexibility index (Phi) is 4.04. The summed E-state index contributed by atoms with van der Waals surface area (Å²) in [7, 11) is 1.80. The molecule has 1 amide bonds. The van der Waals surface area contributed by atoms with Crippen LogP contribution in [0.4, 0.5) is 0 Å². The van der Waals surface area contributed by atoms with Crippen molar-refractivity contribution >= 4 is 21.8 Å². The van der Waals surface area contributed by atoms with Crippen molar-refractivity contribution in [3.8, 4) is 0 Å². The normalized spacial score (nSPS) is 10.5. The molecule has 1 aromatic heterocycles. The monoisotopic (exact) mass is 321 g/mol. The van der Waals surface area contributed by atoms with Gasteiger partial charge in [-0.15, -0.1) is 0 Å². The van der Waals surface area contributed by atoms with Crippen molar-refractivity contribution in [1.82, 2.24) is 15.1 Å². The van der Waals surface area contributed by atoms with Crippen LogP contribution in [0.2, 0.25) is 0 Å². The third kappa shape index (κ3) is 3.04. The molecule has 5 heteroatoms. The maximum Gasteiger partial charge on any atom is 0.257 e. The van der Waals surface area contributed by atoms with Crippen LogP contribution in [0.3, 0.4) is 0 Å². The molecule has 0 fully saturated rings. The van der Waals surface area contributed by atoms with Crippen molar-refractivity contribution in [3.63, 3.8) is 0 Å². The van der Waals surface area contributed by atoms with Gasteiger partial charge in [0.25, 0.3) is 5.91 Å². The fourth-order valence-corrected chi connectivity index (χ4v) is 2.26. The molecule has 2 aromatic rings. The summed E-state index contributed by atoms with van der Waals surface area (Å²) in [5, 5.41) is 6.90. The number of nitrogens with zero attached hydrogens (tertiary/aromatic N) is 2. The van der Waals surface area contributed by atoms with E-state index in [0.717, 1.165) is 21.4 Å². The number of halogens is 1. The van der Waals surface area contributed by atoms with E-state index in [2.05, 4.69) is 26.1 Å². The highest BCUT2D eigenvalue weighted by atomic mass is 79.9. The van der Waals surface area contributed by atoms with Gasteiger partial charge in [0.2, 0.25) is 0 Å². The molecule has 0 bridgehead atoms. The van der Waals surface area contributed by atoms with E-state index in [4.69, 9.17) is 0 Å². The van der Waals surface area contributed by atoms with E-state index in [1.807, 2.05) is 38.1 Å². The van der Waals surface area contributed by atoms with Crippen LogP contribution >= 0.6 is 15.9 Å². The van der Waals surface area contributed by atoms with Crippen LogP contribution in [-0.2, 0) is 6.54 Å². The van der Waals surface area contributed by atoms with Crippen LogP contribution in [-0.4, -0.2) is 28.1 Å². The number of aromatic amines is 1. The summed E-state index contributed by atoms with van der Waals surface area (Å²) in [5.41, 5.74) is 3.31. The number of carbonyl (C=O) groups is 1. The number of rotatable bonds is 3. The lowest BCUT2D eigenvalue weighted by molar-refractivity contribution is 0.0783. The van der Waals surface area contributed by atoms with Gasteiger partial charge in [-0.2, -0.15) is 5.10 Å². The van der Waals surface area contributed by atoms with Crippen molar-refractivity contribution in [2.45, 2.75) is 20.4 Å². The lowest BCUT2D eigenvalue weighted by Gasteiger charge is -2.17. The number of hydrogen-bond donors (Lipinski definition) is 1. The van der Waals surface area contributed by atoms with Gasteiger partial charge in [0.15, 0.2) is 0 Å². The number of hydrogen-bond acceptors (Lipinski definition) is 2. The molecule has 0 spiro atoms. The first kappa shape index (κ1) is 13.8. The first-order chi connectivity index (χ1) is 8.99. The molecule has 19 heavy (non-hydrogen) atoms. The van der Waals surface area contributed by atoms with Crippen LogP contribution in [0, 0.1) is 13.8 Å². The van der Waals surface area contributed by atoms with Gasteiger partial charge in [0.1, 0.15) is 0 Å². The molecule has 0 saturated heterocycles. The number of aryl methyl sites for hydroxylation is 2. The molecule has 0 aliphatic heterocycles. The molecule has 2 rings (SSSR count). The Bertz CT molecular complexity index is 570. The van der Waals surface area contributed by atoms with E-state index in [9.17, 15) is 4.79 Å². The van der Waals surface area contributed by atoms with Crippen LogP contribution < -0.4 is 0 Å². The lowest BCUT2D eigenvalue weighted by Crippen LogP contribution is -2.27. The highest BCUT2D eigenvalue weighted by Crippen LogP contribution is 2.15. The predicted molar refractivity (Wildman–Crippen MR) is 78.0 cm³/mol. The first-order valence-electron chi connectivity index (χ1n) is 6.00. The van der Waals surface area contributed by atoms with Gasteiger partial charge in [-0.1, -0.05) is 28.1 Å². The molecule has 0 unspecified atom stereocenters. The number of benzene rings is 1. The van der Waals surface area contributed by atoms with Gasteiger partial charge in [-0.25, -0.2) is 0 Å². The Hall–Kier alpha value is -1.62. The molecule has 100 valence electrons. The summed E-state index contributed by atoms with van der Waals surface area (Å²) in [6.07, 6.45) is 0. The molecule has 4 nitrogen and oxygen atoms in total. The zero-order valence-electron chi connectivity index (χ0n) is 11.2. The second kappa shape index (κ2) is 5.57. The quantitative estimate of drug-likeness (QED) is 0.944. The Morgan fingerprint density at radius 1 is 1.32 bits per heavy atom. The molecular weight excluding hydrogens is 306 g/mol. The maximum absolute atomic E-state index is 12.4. The summed E-state index contributed by atoms with van der Waals surface area (Å²) < 4.78 is 1.03. The SMILES string of the molecule is Cc1n[nH]c(C)c1C(=O)N(C)Cc1ccc(Br)cc1. The van der Waals surface area contributed by atoms with E-state index in [-0.39, 0.29) is 5.91 Å². The molecule has 1 N–H and O–H groups in total. The molecule has 0 aliphatic rings. The first-order valence-corrected chi connectivity index (χ1v) is 6.80. The molecule has 0 radical (unpaired) electrons. The zero-order chi connectivity index (χ0) is 14.0. The van der Waals surface area contributed by atoms with Crippen LogP contribution in [0.1, 0.15) is 27.3 Å². The van der Waals surface area contributed by atoms with Crippen LogP contribution in [0.15, 0.2) is 28.7 Å². The zero-order valence-corrected chi connectivity index (χ0v) is 12.8. The van der Waals surface area contributed by atoms with Crippen molar-refractivity contribution < 1.29 is 4.79 Å². The van der Waals surface area contributed by atoms with Crippen LogP contribution in [0.25, 0.3) is 0 Å². The summed E-state index contributed by atoms with van der Waals surface area (Å²) in [5.74, 6) is -0.00771. The second-order valence-electron chi connectivity index (χ2n) is 4.60. The third-order valence-electron chi connectivity index (χ3n) is 3.02. The Morgan fingerprint density at radius 3 is 2.47 bits per heavy atom. The van der Waals surface area contributed by atoms with Gasteiger partial charge in [0, 0.05) is 23.8 Å². The fourth-order valence-electron chi connectivity index (χ4n) is 1.99. The van der Waals surface area contributed by atoms with Crippen molar-refractivity contribution in [2.75, 3.05) is 7.05 Å². The van der Waals surface area contributed by atoms with E-state index in [0.29, 0.717) is 12.1 Å². The molecule has 0 saturated carbocycles. The Balaban J connectivity index is 2.14. The highest BCUT2D eigenvalue weighted by molar-refractivity contribution is 9.10. The predicted octanol–water partition coefficient (Wildman–Crippen LogP) is 3.06. The largest absolute Gasteiger partial charge is 0.337 e. The van der Waals surface area contributed by atoms with E-state index < -0.39 is 0 Å². The molecule has 1 aromatic carbocycles. The van der Waals surface area contributed by atoms with Gasteiger partial charge in [-0.3, -0.25) is 9.89 Å². The maximum atomic E-state index is 12.4. The van der Waals surface area contributed by atoms with E-state index >= 15 is 0 Å². The van der Waals surface area contributed by atoms with Gasteiger partial charge >= 0.3 is 0 Å². The standard InChI is InChI=1S/C14H16BrN3O/c1-9-13(10(2)17-16-9)14(19)18(3)8-11-4-6-12(15)7-5-11/h4-7H,8H2,1-3H3,(H,16,17). The second-order valence-corrected chi connectivity index (χ2v) is 5.51. The summed E-state index contributed by atoms with van der Waals surface area (Å²) >= 11 is 3.40. The Labute approximate surface area is 120 Å². The summed E-state index contributed by atoms with van der Waals surface area (Å²) in [4.78, 5) is 14.1. The number of carbonyl (C=O) groups excluding carboxylic acids is 1. The number of nitrogens with one attached hydrogen (secondary N) is 1. The molecular formula is C14H16BrN3O.